The van der Waals surface area contributed by atoms with Crippen molar-refractivity contribution in [3.05, 3.63) is 106 Å². The van der Waals surface area contributed by atoms with Gasteiger partial charge in [-0.1, -0.05) is 24.3 Å². The van der Waals surface area contributed by atoms with Gasteiger partial charge in [0.25, 0.3) is 0 Å². The molecule has 0 unspecified atom stereocenters. The summed E-state index contributed by atoms with van der Waals surface area (Å²) in [5.74, 6) is -26.6. The number of hydrogen-bond donors (Lipinski definition) is 0. The zero-order valence-corrected chi connectivity index (χ0v) is 18.0. The van der Waals surface area contributed by atoms with Gasteiger partial charge in [0.05, 0.1) is 16.2 Å². The summed E-state index contributed by atoms with van der Waals surface area (Å²) < 4.78 is 174. The average molecular weight is 546 g/mol. The van der Waals surface area contributed by atoms with Crippen molar-refractivity contribution in [3.63, 3.8) is 0 Å². The molecule has 0 aromatic heterocycles. The summed E-state index contributed by atoms with van der Waals surface area (Å²) in [7, 11) is 0. The molecule has 0 nitrogen and oxygen atoms in total. The van der Waals surface area contributed by atoms with Crippen molar-refractivity contribution in [1.82, 2.24) is 0 Å². The normalized spacial score (nSPS) is 11.7. The fraction of sp³-hybridized carbons (Fsp3) is 0. The highest BCUT2D eigenvalue weighted by molar-refractivity contribution is 6.08. The topological polar surface area (TPSA) is 0 Å². The Kier molecular flexibility index (Phi) is 5.80. The van der Waals surface area contributed by atoms with Crippen molar-refractivity contribution in [3.8, 4) is 22.3 Å². The molecule has 0 aliphatic rings. The Balaban J connectivity index is 2.06. The Morgan fingerprint density at radius 2 is 0.789 bits per heavy atom. The number of benzene rings is 5. The molecular weight excluding hydrogens is 540 g/mol. The van der Waals surface area contributed by atoms with Crippen LogP contribution >= 0.6 is 0 Å². The number of rotatable bonds is 2. The highest BCUT2D eigenvalue weighted by Crippen LogP contribution is 2.45. The summed E-state index contributed by atoms with van der Waals surface area (Å²) in [5.41, 5.74) is -3.78. The van der Waals surface area contributed by atoms with Crippen LogP contribution in [-0.2, 0) is 0 Å². The summed E-state index contributed by atoms with van der Waals surface area (Å²) >= 11 is 0. The van der Waals surface area contributed by atoms with E-state index in [4.69, 9.17) is 0 Å². The van der Waals surface area contributed by atoms with Crippen LogP contribution in [0.4, 0.5) is 52.7 Å². The fourth-order valence-electron chi connectivity index (χ4n) is 4.32. The van der Waals surface area contributed by atoms with Crippen molar-refractivity contribution < 1.29 is 52.7 Å². The molecule has 0 N–H and O–H groups in total. The molecule has 0 saturated heterocycles. The lowest BCUT2D eigenvalue weighted by Gasteiger charge is -2.18. The molecule has 0 aliphatic carbocycles. The van der Waals surface area contributed by atoms with E-state index >= 15 is 13.2 Å². The quantitative estimate of drug-likeness (QED) is 0.0898. The van der Waals surface area contributed by atoms with E-state index in [1.165, 1.54) is 0 Å². The van der Waals surface area contributed by atoms with Gasteiger partial charge >= 0.3 is 0 Å². The maximum absolute atomic E-state index is 15.7. The molecule has 0 bridgehead atoms. The molecule has 0 saturated carbocycles. The first-order valence-electron chi connectivity index (χ1n) is 10.2. The first-order chi connectivity index (χ1) is 17.9. The van der Waals surface area contributed by atoms with Gasteiger partial charge in [0.1, 0.15) is 17.5 Å². The lowest BCUT2D eigenvalue weighted by Crippen LogP contribution is -2.07. The second-order valence-electron chi connectivity index (χ2n) is 8.00. The van der Waals surface area contributed by atoms with Crippen molar-refractivity contribution in [2.45, 2.75) is 0 Å². The Hall–Kier alpha value is -4.22. The molecule has 0 amide bonds. The molecule has 0 aliphatic heterocycles. The molecule has 5 aromatic rings. The largest absolute Gasteiger partial charge is 0.207 e. The van der Waals surface area contributed by atoms with E-state index in [1.54, 1.807) is 0 Å². The molecule has 5 rings (SSSR count). The third-order valence-electron chi connectivity index (χ3n) is 5.95. The number of hydrogen-bond acceptors (Lipinski definition) is 0. The van der Waals surface area contributed by atoms with E-state index < -0.39 is 114 Å². The van der Waals surface area contributed by atoms with Gasteiger partial charge < -0.3 is 0 Å². The van der Waals surface area contributed by atoms with E-state index in [0.29, 0.717) is 6.07 Å². The predicted octanol–water partition coefficient (Wildman–Crippen LogP) is 9.00. The lowest BCUT2D eigenvalue weighted by molar-refractivity contribution is 0.414. The monoisotopic (exact) mass is 546 g/mol. The van der Waals surface area contributed by atoms with E-state index in [2.05, 4.69) is 0 Å². The van der Waals surface area contributed by atoms with Crippen LogP contribution < -0.4 is 0 Å². The molecule has 12 heteroatoms. The van der Waals surface area contributed by atoms with Gasteiger partial charge in [0.2, 0.25) is 0 Å². The van der Waals surface area contributed by atoms with E-state index in [1.807, 2.05) is 0 Å². The molecule has 38 heavy (non-hydrogen) atoms. The van der Waals surface area contributed by atoms with E-state index in [9.17, 15) is 39.5 Å². The van der Waals surface area contributed by atoms with Crippen LogP contribution in [0.2, 0.25) is 0 Å². The predicted molar refractivity (Wildman–Crippen MR) is 112 cm³/mol. The third-order valence-corrected chi connectivity index (χ3v) is 5.95. The summed E-state index contributed by atoms with van der Waals surface area (Å²) in [6.07, 6.45) is 0. The minimum Gasteiger partial charge on any atom is -0.207 e. The van der Waals surface area contributed by atoms with Gasteiger partial charge in [0, 0.05) is 22.6 Å². The Morgan fingerprint density at radius 3 is 1.34 bits per heavy atom. The van der Waals surface area contributed by atoms with Crippen molar-refractivity contribution in [2.24, 2.45) is 0 Å². The smallest absolute Gasteiger partial charge is 0.198 e. The molecule has 0 atom stereocenters. The Labute approximate surface area is 203 Å². The zero-order valence-electron chi connectivity index (χ0n) is 18.0. The molecular formula is C26H6F12. The summed E-state index contributed by atoms with van der Waals surface area (Å²) in [4.78, 5) is 0. The third kappa shape index (κ3) is 3.35. The maximum atomic E-state index is 15.7. The van der Waals surface area contributed by atoms with Gasteiger partial charge in [-0.2, -0.15) is 0 Å². The summed E-state index contributed by atoms with van der Waals surface area (Å²) in [6, 6.07) is 4.49. The van der Waals surface area contributed by atoms with Crippen LogP contribution in [0.3, 0.4) is 0 Å². The Morgan fingerprint density at radius 1 is 0.342 bits per heavy atom. The van der Waals surface area contributed by atoms with Crippen molar-refractivity contribution in [2.75, 3.05) is 0 Å². The highest BCUT2D eigenvalue weighted by atomic mass is 19.2. The molecule has 0 spiro atoms. The molecule has 0 heterocycles. The van der Waals surface area contributed by atoms with E-state index in [0.717, 1.165) is 24.3 Å². The fourth-order valence-corrected chi connectivity index (χ4v) is 4.32. The van der Waals surface area contributed by atoms with Gasteiger partial charge in [-0.3, -0.25) is 0 Å². The standard InChI is InChI=1S/C26H6F12/c27-7-5-10(17(29)11(28)6-7)8-3-1-2-4-9(8)12-13-14(21(33)24(36)20(12)32)19(31)16-15(18(13)30)22(34)25(37)26(38)23(16)35/h1-6H. The van der Waals surface area contributed by atoms with Gasteiger partial charge in [-0.05, 0) is 17.2 Å². The minimum atomic E-state index is -2.59. The SMILES string of the molecule is Fc1cc(F)c(F)c(-c2ccccc2-c2c(F)c(F)c(F)c3c(F)c4c(F)c(F)c(F)c(F)c4c(F)c23)c1. The van der Waals surface area contributed by atoms with Crippen LogP contribution in [0.1, 0.15) is 0 Å². The number of fused-ring (bicyclic) bond motifs is 2. The Bertz CT molecular complexity index is 1840. The molecule has 194 valence electrons. The second kappa shape index (κ2) is 8.67. The zero-order chi connectivity index (χ0) is 27.8. The highest BCUT2D eigenvalue weighted by Gasteiger charge is 2.34. The first kappa shape index (κ1) is 25.4. The molecule has 5 aromatic carbocycles. The van der Waals surface area contributed by atoms with E-state index in [-0.39, 0.29) is 6.07 Å². The van der Waals surface area contributed by atoms with Crippen LogP contribution in [0.25, 0.3) is 43.8 Å². The van der Waals surface area contributed by atoms with Crippen molar-refractivity contribution >= 4 is 21.5 Å². The maximum Gasteiger partial charge on any atom is 0.198 e. The molecule has 0 fully saturated rings. The number of halogens is 12. The van der Waals surface area contributed by atoms with Crippen LogP contribution in [0.15, 0.2) is 36.4 Å². The second-order valence-corrected chi connectivity index (χ2v) is 8.00. The van der Waals surface area contributed by atoms with Gasteiger partial charge in [-0.15, -0.1) is 0 Å². The summed E-state index contributed by atoms with van der Waals surface area (Å²) in [6.45, 7) is 0. The molecule has 0 radical (unpaired) electrons. The average Bonchev–Trinajstić information content (AvgIpc) is 2.88. The summed E-state index contributed by atoms with van der Waals surface area (Å²) in [5, 5.41) is -7.28. The van der Waals surface area contributed by atoms with Crippen LogP contribution in [0.5, 0.6) is 0 Å². The van der Waals surface area contributed by atoms with Crippen LogP contribution in [0, 0.1) is 69.8 Å². The lowest BCUT2D eigenvalue weighted by atomic mass is 9.88. The minimum absolute atomic E-state index is 0.154. The van der Waals surface area contributed by atoms with Crippen LogP contribution in [-0.4, -0.2) is 0 Å². The van der Waals surface area contributed by atoms with Crippen molar-refractivity contribution in [1.29, 1.82) is 0 Å². The van der Waals surface area contributed by atoms with Gasteiger partial charge in [-0.25, -0.2) is 52.7 Å². The first-order valence-corrected chi connectivity index (χ1v) is 10.2. The van der Waals surface area contributed by atoms with Gasteiger partial charge in [0.15, 0.2) is 52.4 Å².